The molecule has 1 aromatic carbocycles. The second-order valence-corrected chi connectivity index (χ2v) is 8.03. The molecule has 1 heterocycles. The van der Waals surface area contributed by atoms with E-state index in [-0.39, 0.29) is 61.3 Å². The molecule has 0 spiro atoms. The second-order valence-electron chi connectivity index (χ2n) is 8.03. The first-order chi connectivity index (χ1) is 13.2. The fraction of sp³-hybridized carbons (Fsp3) is 0.619. The third-order valence-corrected chi connectivity index (χ3v) is 4.86. The maximum atomic E-state index is 11.9. The number of nitrogens with zero attached hydrogens (tertiary/aromatic N) is 1. The largest absolute Gasteiger partial charge is 0.373 e. The van der Waals surface area contributed by atoms with Gasteiger partial charge in [0.15, 0.2) is 0 Å². The predicted octanol–water partition coefficient (Wildman–Crippen LogP) is 1.86. The van der Waals surface area contributed by atoms with Crippen LogP contribution in [0, 0.1) is 5.92 Å². The van der Waals surface area contributed by atoms with Gasteiger partial charge in [-0.1, -0.05) is 38.1 Å². The van der Waals surface area contributed by atoms with Crippen molar-refractivity contribution < 1.29 is 14.3 Å². The van der Waals surface area contributed by atoms with Crippen molar-refractivity contribution >= 4 is 36.6 Å². The SMILES string of the molecule is CC1CN(Cc2ccc(CNC(=O)CNC(=O)[C@@H](N)C(C)C)cc2)CC(C)O1.Cl.Cl. The van der Waals surface area contributed by atoms with Gasteiger partial charge in [0.25, 0.3) is 0 Å². The number of ether oxygens (including phenoxy) is 1. The predicted molar refractivity (Wildman–Crippen MR) is 124 cm³/mol. The number of hydrogen-bond donors (Lipinski definition) is 3. The first-order valence-corrected chi connectivity index (χ1v) is 10.00. The van der Waals surface area contributed by atoms with Gasteiger partial charge in [0.1, 0.15) is 0 Å². The summed E-state index contributed by atoms with van der Waals surface area (Å²) in [6.45, 7) is 11.1. The number of halogens is 2. The zero-order chi connectivity index (χ0) is 20.7. The van der Waals surface area contributed by atoms with Crippen molar-refractivity contribution in [3.05, 3.63) is 35.4 Å². The molecular weight excluding hydrogens is 427 g/mol. The Morgan fingerprint density at radius 3 is 2.13 bits per heavy atom. The van der Waals surface area contributed by atoms with Crippen LogP contribution in [0.4, 0.5) is 0 Å². The van der Waals surface area contributed by atoms with Crippen LogP contribution in [0.5, 0.6) is 0 Å². The number of morpholine rings is 1. The Bertz CT molecular complexity index is 648. The highest BCUT2D eigenvalue weighted by atomic mass is 35.5. The number of rotatable bonds is 8. The van der Waals surface area contributed by atoms with Gasteiger partial charge in [0, 0.05) is 26.2 Å². The van der Waals surface area contributed by atoms with E-state index in [4.69, 9.17) is 10.5 Å². The van der Waals surface area contributed by atoms with Crippen molar-refractivity contribution in [2.75, 3.05) is 19.6 Å². The van der Waals surface area contributed by atoms with Crippen LogP contribution in [-0.2, 0) is 27.4 Å². The molecule has 0 bridgehead atoms. The number of nitrogens with two attached hydrogens (primary N) is 1. The van der Waals surface area contributed by atoms with Crippen molar-refractivity contribution in [1.82, 2.24) is 15.5 Å². The molecule has 0 radical (unpaired) electrons. The van der Waals surface area contributed by atoms with E-state index < -0.39 is 6.04 Å². The van der Waals surface area contributed by atoms with Crippen molar-refractivity contribution in [2.24, 2.45) is 11.7 Å². The molecule has 0 aromatic heterocycles. The molecule has 0 aliphatic carbocycles. The number of hydrogen-bond acceptors (Lipinski definition) is 5. The zero-order valence-corrected chi connectivity index (χ0v) is 19.9. The summed E-state index contributed by atoms with van der Waals surface area (Å²) >= 11 is 0. The average Bonchev–Trinajstić information content (AvgIpc) is 2.64. The van der Waals surface area contributed by atoms with Gasteiger partial charge in [-0.2, -0.15) is 0 Å². The van der Waals surface area contributed by atoms with Crippen LogP contribution in [0.25, 0.3) is 0 Å². The van der Waals surface area contributed by atoms with Gasteiger partial charge in [-0.3, -0.25) is 14.5 Å². The fourth-order valence-electron chi connectivity index (χ4n) is 3.29. The normalized spacial score (nSPS) is 19.9. The third-order valence-electron chi connectivity index (χ3n) is 4.86. The average molecular weight is 463 g/mol. The lowest BCUT2D eigenvalue weighted by Gasteiger charge is -2.35. The Labute approximate surface area is 192 Å². The van der Waals surface area contributed by atoms with Gasteiger partial charge >= 0.3 is 0 Å². The molecule has 1 saturated heterocycles. The first-order valence-electron chi connectivity index (χ1n) is 10.00. The highest BCUT2D eigenvalue weighted by Gasteiger charge is 2.22. The van der Waals surface area contributed by atoms with Crippen molar-refractivity contribution in [3.8, 4) is 0 Å². The van der Waals surface area contributed by atoms with E-state index in [0.717, 1.165) is 25.2 Å². The Morgan fingerprint density at radius 1 is 1.07 bits per heavy atom. The van der Waals surface area contributed by atoms with Crippen molar-refractivity contribution in [2.45, 2.75) is 59.0 Å². The minimum Gasteiger partial charge on any atom is -0.373 e. The fourth-order valence-corrected chi connectivity index (χ4v) is 3.29. The lowest BCUT2D eigenvalue weighted by atomic mass is 10.1. The molecule has 30 heavy (non-hydrogen) atoms. The van der Waals surface area contributed by atoms with E-state index in [0.29, 0.717) is 6.54 Å². The molecule has 0 saturated carbocycles. The molecule has 172 valence electrons. The number of benzene rings is 1. The summed E-state index contributed by atoms with van der Waals surface area (Å²) in [7, 11) is 0. The van der Waals surface area contributed by atoms with Gasteiger partial charge in [0.2, 0.25) is 11.8 Å². The number of amides is 2. The van der Waals surface area contributed by atoms with E-state index >= 15 is 0 Å². The molecule has 4 N–H and O–H groups in total. The molecule has 1 aliphatic rings. The van der Waals surface area contributed by atoms with E-state index in [2.05, 4.69) is 41.5 Å². The number of carbonyl (C=O) groups excluding carboxylic acids is 2. The van der Waals surface area contributed by atoms with E-state index in [1.54, 1.807) is 0 Å². The zero-order valence-electron chi connectivity index (χ0n) is 18.2. The topological polar surface area (TPSA) is 96.7 Å². The molecule has 2 amide bonds. The van der Waals surface area contributed by atoms with Gasteiger partial charge in [-0.05, 0) is 30.9 Å². The molecule has 9 heteroatoms. The summed E-state index contributed by atoms with van der Waals surface area (Å²) in [5.41, 5.74) is 8.01. The summed E-state index contributed by atoms with van der Waals surface area (Å²) in [6.07, 6.45) is 0.516. The quantitative estimate of drug-likeness (QED) is 0.547. The molecule has 3 atom stereocenters. The lowest BCUT2D eigenvalue weighted by molar-refractivity contribution is -0.127. The summed E-state index contributed by atoms with van der Waals surface area (Å²) < 4.78 is 5.77. The van der Waals surface area contributed by atoms with E-state index in [1.807, 2.05) is 26.0 Å². The Hall–Kier alpha value is -1.38. The number of carbonyl (C=O) groups is 2. The van der Waals surface area contributed by atoms with Crippen LogP contribution in [-0.4, -0.2) is 54.6 Å². The summed E-state index contributed by atoms with van der Waals surface area (Å²) in [6, 6.07) is 7.63. The molecule has 1 aromatic rings. The standard InChI is InChI=1S/C21H34N4O3.2ClH/c1-14(2)20(22)21(27)24-10-19(26)23-9-17-5-7-18(8-6-17)13-25-11-15(3)28-16(4)12-25;;/h5-8,14-16,20H,9-13,22H2,1-4H3,(H,23,26)(H,24,27);2*1H/t15?,16?,20-;;/m0../s1. The van der Waals surface area contributed by atoms with Gasteiger partial charge in [0.05, 0.1) is 24.8 Å². The van der Waals surface area contributed by atoms with Crippen LogP contribution in [0.2, 0.25) is 0 Å². The Kier molecular flexibility index (Phi) is 13.2. The van der Waals surface area contributed by atoms with Crippen LogP contribution in [0.1, 0.15) is 38.8 Å². The molecule has 7 nitrogen and oxygen atoms in total. The van der Waals surface area contributed by atoms with Gasteiger partial charge in [-0.15, -0.1) is 24.8 Å². The minimum atomic E-state index is -0.599. The van der Waals surface area contributed by atoms with E-state index in [9.17, 15) is 9.59 Å². The van der Waals surface area contributed by atoms with Crippen molar-refractivity contribution in [3.63, 3.8) is 0 Å². The van der Waals surface area contributed by atoms with Crippen LogP contribution in [0.3, 0.4) is 0 Å². The summed E-state index contributed by atoms with van der Waals surface area (Å²) in [5, 5.41) is 5.38. The number of nitrogens with one attached hydrogen (secondary N) is 2. The van der Waals surface area contributed by atoms with Crippen molar-refractivity contribution in [1.29, 1.82) is 0 Å². The second kappa shape index (κ2) is 13.8. The maximum Gasteiger partial charge on any atom is 0.239 e. The van der Waals surface area contributed by atoms with E-state index in [1.165, 1.54) is 5.56 Å². The molecule has 1 fully saturated rings. The highest BCUT2D eigenvalue weighted by Crippen LogP contribution is 2.14. The molecule has 2 unspecified atom stereocenters. The highest BCUT2D eigenvalue weighted by molar-refractivity contribution is 5.87. The molecular formula is C21H36Cl2N4O3. The summed E-state index contributed by atoms with van der Waals surface area (Å²) in [5.74, 6) is -0.503. The van der Waals surface area contributed by atoms with Crippen LogP contribution >= 0.6 is 24.8 Å². The van der Waals surface area contributed by atoms with Gasteiger partial charge < -0.3 is 21.1 Å². The van der Waals surface area contributed by atoms with Gasteiger partial charge in [-0.25, -0.2) is 0 Å². The van der Waals surface area contributed by atoms with Crippen LogP contribution in [0.15, 0.2) is 24.3 Å². The molecule has 1 aliphatic heterocycles. The maximum absolute atomic E-state index is 11.9. The Morgan fingerprint density at radius 2 is 1.60 bits per heavy atom. The monoisotopic (exact) mass is 462 g/mol. The Balaban J connectivity index is 0.00000420. The lowest BCUT2D eigenvalue weighted by Crippen LogP contribution is -2.47. The first kappa shape index (κ1) is 28.6. The molecule has 2 rings (SSSR count). The smallest absolute Gasteiger partial charge is 0.239 e. The summed E-state index contributed by atoms with van der Waals surface area (Å²) in [4.78, 5) is 26.1. The third kappa shape index (κ3) is 9.62. The van der Waals surface area contributed by atoms with Crippen LogP contribution < -0.4 is 16.4 Å². The minimum absolute atomic E-state index is 0.